The first-order valence-corrected chi connectivity index (χ1v) is 15.2. The van der Waals surface area contributed by atoms with Crippen LogP contribution in [0.15, 0.2) is 0 Å². The second-order valence-electron chi connectivity index (χ2n) is 10.1. The largest absolute Gasteiger partial charge is 0.466 e. The minimum absolute atomic E-state index is 0.146. The van der Waals surface area contributed by atoms with Crippen molar-refractivity contribution in [3.63, 3.8) is 0 Å². The quantitative estimate of drug-likeness (QED) is 0.0798. The molecule has 0 fully saturated rings. The molecule has 6 heteroatoms. The molecule has 0 unspecified atom stereocenters. The van der Waals surface area contributed by atoms with Gasteiger partial charge in [0.25, 0.3) is 0 Å². The summed E-state index contributed by atoms with van der Waals surface area (Å²) < 4.78 is 16.0. The van der Waals surface area contributed by atoms with Crippen molar-refractivity contribution in [2.24, 2.45) is 0 Å². The van der Waals surface area contributed by atoms with Gasteiger partial charge in [-0.2, -0.15) is 0 Å². The van der Waals surface area contributed by atoms with Gasteiger partial charge in [-0.1, -0.05) is 104 Å². The lowest BCUT2D eigenvalue weighted by Gasteiger charge is -2.21. The Hall–Kier alpha value is -1.14. The highest BCUT2D eigenvalue weighted by atomic mass is 16.5. The molecule has 0 heterocycles. The van der Waals surface area contributed by atoms with E-state index < -0.39 is 0 Å². The SMILES string of the molecule is CCCCCCCCCCOC(=O)CCN(CCCOC)CCC(=O)OCCCCCCCCCC. The highest BCUT2D eigenvalue weighted by Gasteiger charge is 2.12. The lowest BCUT2D eigenvalue weighted by Crippen LogP contribution is -2.31. The average molecular weight is 514 g/mol. The maximum Gasteiger partial charge on any atom is 0.307 e. The van der Waals surface area contributed by atoms with Crippen molar-refractivity contribution >= 4 is 11.9 Å². The number of rotatable bonds is 28. The predicted molar refractivity (Wildman–Crippen MR) is 149 cm³/mol. The molecule has 214 valence electrons. The molecule has 0 bridgehead atoms. The Labute approximate surface area is 223 Å². The van der Waals surface area contributed by atoms with Crippen molar-refractivity contribution in [2.45, 2.75) is 136 Å². The third-order valence-corrected chi connectivity index (χ3v) is 6.61. The second kappa shape index (κ2) is 28.4. The predicted octanol–water partition coefficient (Wildman–Crippen LogP) is 7.47. The zero-order chi connectivity index (χ0) is 26.5. The molecule has 0 amide bonds. The molecule has 0 atom stereocenters. The summed E-state index contributed by atoms with van der Waals surface area (Å²) in [6, 6.07) is 0. The number of ether oxygens (including phenoxy) is 3. The Morgan fingerprint density at radius 2 is 0.889 bits per heavy atom. The molecule has 0 aromatic rings. The molecule has 0 aliphatic heterocycles. The van der Waals surface area contributed by atoms with E-state index in [4.69, 9.17) is 14.2 Å². The van der Waals surface area contributed by atoms with E-state index >= 15 is 0 Å². The van der Waals surface area contributed by atoms with Crippen molar-refractivity contribution < 1.29 is 23.8 Å². The Bertz CT molecular complexity index is 448. The summed E-state index contributed by atoms with van der Waals surface area (Å²) in [6.45, 7) is 8.18. The lowest BCUT2D eigenvalue weighted by molar-refractivity contribution is -0.144. The van der Waals surface area contributed by atoms with Crippen LogP contribution in [0.5, 0.6) is 0 Å². The first-order chi connectivity index (χ1) is 17.6. The van der Waals surface area contributed by atoms with Gasteiger partial charge in [0.15, 0.2) is 0 Å². The molecular weight excluding hydrogens is 454 g/mol. The smallest absolute Gasteiger partial charge is 0.307 e. The summed E-state index contributed by atoms with van der Waals surface area (Å²) in [7, 11) is 1.69. The number of methoxy groups -OCH3 is 1. The Morgan fingerprint density at radius 1 is 0.500 bits per heavy atom. The van der Waals surface area contributed by atoms with Crippen molar-refractivity contribution in [1.82, 2.24) is 4.90 Å². The van der Waals surface area contributed by atoms with Crippen molar-refractivity contribution in [3.8, 4) is 0 Å². The van der Waals surface area contributed by atoms with Crippen LogP contribution in [0, 0.1) is 0 Å². The van der Waals surface area contributed by atoms with Crippen LogP contribution in [0.4, 0.5) is 0 Å². The van der Waals surface area contributed by atoms with Gasteiger partial charge in [0.05, 0.1) is 26.1 Å². The third kappa shape index (κ3) is 25.9. The van der Waals surface area contributed by atoms with E-state index in [-0.39, 0.29) is 11.9 Å². The zero-order valence-corrected chi connectivity index (χ0v) is 24.2. The zero-order valence-electron chi connectivity index (χ0n) is 24.2. The molecule has 0 saturated carbocycles. The van der Waals surface area contributed by atoms with Gasteiger partial charge < -0.3 is 19.1 Å². The summed E-state index contributed by atoms with van der Waals surface area (Å²) >= 11 is 0. The average Bonchev–Trinajstić information content (AvgIpc) is 2.88. The molecule has 0 N–H and O–H groups in total. The van der Waals surface area contributed by atoms with Crippen LogP contribution in [0.25, 0.3) is 0 Å². The fourth-order valence-corrected chi connectivity index (χ4v) is 4.25. The number of hydrogen-bond acceptors (Lipinski definition) is 6. The molecule has 0 aliphatic rings. The van der Waals surface area contributed by atoms with Crippen LogP contribution < -0.4 is 0 Å². The monoisotopic (exact) mass is 513 g/mol. The van der Waals surface area contributed by atoms with Crippen molar-refractivity contribution in [3.05, 3.63) is 0 Å². The molecule has 0 aromatic heterocycles. The highest BCUT2D eigenvalue weighted by molar-refractivity contribution is 5.70. The van der Waals surface area contributed by atoms with Crippen LogP contribution in [-0.2, 0) is 23.8 Å². The number of carbonyl (C=O) groups excluding carboxylic acids is 2. The molecule has 0 aliphatic carbocycles. The molecule has 0 spiro atoms. The van der Waals surface area contributed by atoms with Gasteiger partial charge >= 0.3 is 11.9 Å². The number of nitrogens with zero attached hydrogens (tertiary/aromatic N) is 1. The van der Waals surface area contributed by atoms with Crippen LogP contribution in [-0.4, -0.2) is 63.4 Å². The topological polar surface area (TPSA) is 65.1 Å². The van der Waals surface area contributed by atoms with E-state index in [1.54, 1.807) is 7.11 Å². The Balaban J connectivity index is 3.91. The lowest BCUT2D eigenvalue weighted by atomic mass is 10.1. The molecule has 0 radical (unpaired) electrons. The van der Waals surface area contributed by atoms with Gasteiger partial charge in [-0.15, -0.1) is 0 Å². The van der Waals surface area contributed by atoms with Gasteiger partial charge in [-0.25, -0.2) is 0 Å². The first kappa shape index (κ1) is 34.9. The summed E-state index contributed by atoms with van der Waals surface area (Å²) in [4.78, 5) is 26.5. The minimum Gasteiger partial charge on any atom is -0.466 e. The maximum atomic E-state index is 12.2. The van der Waals surface area contributed by atoms with E-state index in [2.05, 4.69) is 18.7 Å². The molecule has 0 saturated heterocycles. The minimum atomic E-state index is -0.146. The normalized spacial score (nSPS) is 11.2. The van der Waals surface area contributed by atoms with E-state index in [0.717, 1.165) is 38.6 Å². The molecule has 0 rings (SSSR count). The highest BCUT2D eigenvalue weighted by Crippen LogP contribution is 2.10. The van der Waals surface area contributed by atoms with Gasteiger partial charge in [0.1, 0.15) is 0 Å². The van der Waals surface area contributed by atoms with Crippen molar-refractivity contribution in [2.75, 3.05) is 46.6 Å². The standard InChI is InChI=1S/C30H59NO5/c1-4-6-8-10-12-14-16-18-27-35-29(32)21-24-31(23-20-26-34-3)25-22-30(33)36-28-19-17-15-13-11-9-7-5-2/h4-28H2,1-3H3. The summed E-state index contributed by atoms with van der Waals surface area (Å²) in [5.41, 5.74) is 0. The van der Waals surface area contributed by atoms with Crippen molar-refractivity contribution in [1.29, 1.82) is 0 Å². The van der Waals surface area contributed by atoms with Crippen LogP contribution in [0.1, 0.15) is 136 Å². The molecular formula is C30H59NO5. The van der Waals surface area contributed by atoms with Crippen LogP contribution in [0.2, 0.25) is 0 Å². The Kier molecular flexibility index (Phi) is 27.5. The van der Waals surface area contributed by atoms with Gasteiger partial charge in [-0.05, 0) is 19.3 Å². The third-order valence-electron chi connectivity index (χ3n) is 6.61. The fraction of sp³-hybridized carbons (Fsp3) is 0.933. The second-order valence-corrected chi connectivity index (χ2v) is 10.1. The summed E-state index contributed by atoms with van der Waals surface area (Å²) in [5.74, 6) is -0.293. The maximum absolute atomic E-state index is 12.2. The summed E-state index contributed by atoms with van der Waals surface area (Å²) in [5, 5.41) is 0. The first-order valence-electron chi connectivity index (χ1n) is 15.2. The van der Waals surface area contributed by atoms with Gasteiger partial charge in [0.2, 0.25) is 0 Å². The number of unbranched alkanes of at least 4 members (excludes halogenated alkanes) is 14. The molecule has 36 heavy (non-hydrogen) atoms. The van der Waals surface area contributed by atoms with Gasteiger partial charge in [0, 0.05) is 33.4 Å². The number of carbonyl (C=O) groups is 2. The molecule has 6 nitrogen and oxygen atoms in total. The van der Waals surface area contributed by atoms with Crippen LogP contribution >= 0.6 is 0 Å². The van der Waals surface area contributed by atoms with E-state index in [9.17, 15) is 9.59 Å². The number of esters is 2. The Morgan fingerprint density at radius 3 is 1.28 bits per heavy atom. The van der Waals surface area contributed by atoms with E-state index in [1.165, 1.54) is 77.0 Å². The van der Waals surface area contributed by atoms with E-state index in [0.29, 0.717) is 45.8 Å². The summed E-state index contributed by atoms with van der Waals surface area (Å²) in [6.07, 6.45) is 21.3. The van der Waals surface area contributed by atoms with Crippen LogP contribution in [0.3, 0.4) is 0 Å². The molecule has 0 aromatic carbocycles. The van der Waals surface area contributed by atoms with E-state index in [1.807, 2.05) is 0 Å². The van der Waals surface area contributed by atoms with Gasteiger partial charge in [-0.3, -0.25) is 9.59 Å². The fourth-order valence-electron chi connectivity index (χ4n) is 4.25. The number of hydrogen-bond donors (Lipinski definition) is 0.